The minimum absolute atomic E-state index is 0.485. The molecule has 0 bridgehead atoms. The Morgan fingerprint density at radius 1 is 1.05 bits per heavy atom. The normalized spacial score (nSPS) is 31.2. The number of benzene rings is 1. The van der Waals surface area contributed by atoms with Crippen molar-refractivity contribution < 1.29 is 5.11 Å². The van der Waals surface area contributed by atoms with Crippen LogP contribution in [-0.4, -0.2) is 5.11 Å². The molecule has 0 heterocycles. The zero-order valence-corrected chi connectivity index (χ0v) is 13.5. The molecule has 2 aliphatic carbocycles. The van der Waals surface area contributed by atoms with Crippen molar-refractivity contribution in [2.75, 3.05) is 0 Å². The van der Waals surface area contributed by atoms with Crippen LogP contribution in [0, 0.1) is 11.8 Å². The third kappa shape index (κ3) is 3.04. The van der Waals surface area contributed by atoms with Gasteiger partial charge >= 0.3 is 0 Å². The number of hydrogen-bond donors (Lipinski definition) is 1. The maximum Gasteiger partial charge on any atom is 0.0927 e. The Labute approximate surface area is 129 Å². The highest BCUT2D eigenvalue weighted by Gasteiger charge is 2.44. The summed E-state index contributed by atoms with van der Waals surface area (Å²) in [5.74, 6) is 1.23. The summed E-state index contributed by atoms with van der Waals surface area (Å²) in [6, 6.07) is 8.76. The molecule has 21 heavy (non-hydrogen) atoms. The van der Waals surface area contributed by atoms with Gasteiger partial charge < -0.3 is 5.11 Å². The summed E-state index contributed by atoms with van der Waals surface area (Å²) in [5, 5.41) is 11.6. The van der Waals surface area contributed by atoms with Gasteiger partial charge in [-0.3, -0.25) is 0 Å². The molecular formula is C20H30O. The molecule has 0 amide bonds. The van der Waals surface area contributed by atoms with E-state index >= 15 is 0 Å². The maximum absolute atomic E-state index is 11.6. The van der Waals surface area contributed by atoms with Crippen molar-refractivity contribution in [2.24, 2.45) is 11.8 Å². The van der Waals surface area contributed by atoms with Gasteiger partial charge in [-0.05, 0) is 42.2 Å². The molecule has 0 spiro atoms. The molecule has 0 aliphatic heterocycles. The standard InChI is InChI=1S/C20H30O/c1-2-16-9-8-12-18(15-16)20(21)14-7-6-13-19(20)17-10-4-3-5-11-17/h8-9,12,15,17,19,21H,2-7,10-11,13-14H2,1H3. The lowest BCUT2D eigenvalue weighted by atomic mass is 9.63. The fourth-order valence-electron chi connectivity index (χ4n) is 4.76. The number of rotatable bonds is 3. The van der Waals surface area contributed by atoms with Crippen LogP contribution >= 0.6 is 0 Å². The van der Waals surface area contributed by atoms with Gasteiger partial charge in [0.15, 0.2) is 0 Å². The summed E-state index contributed by atoms with van der Waals surface area (Å²) < 4.78 is 0. The quantitative estimate of drug-likeness (QED) is 0.809. The Hall–Kier alpha value is -0.820. The maximum atomic E-state index is 11.6. The predicted molar refractivity (Wildman–Crippen MR) is 88.2 cm³/mol. The highest BCUT2D eigenvalue weighted by Crippen LogP contribution is 2.48. The monoisotopic (exact) mass is 286 g/mol. The minimum Gasteiger partial charge on any atom is -0.385 e. The van der Waals surface area contributed by atoms with E-state index in [1.807, 2.05) is 0 Å². The van der Waals surface area contributed by atoms with E-state index in [-0.39, 0.29) is 0 Å². The lowest BCUT2D eigenvalue weighted by Crippen LogP contribution is -2.42. The molecular weight excluding hydrogens is 256 g/mol. The SMILES string of the molecule is CCc1cccc(C2(O)CCCCC2C2CCCCC2)c1. The molecule has 2 atom stereocenters. The molecule has 2 aliphatic rings. The lowest BCUT2D eigenvalue weighted by molar-refractivity contribution is -0.0835. The first-order valence-electron chi connectivity index (χ1n) is 9.06. The molecule has 1 nitrogen and oxygen atoms in total. The lowest BCUT2D eigenvalue weighted by Gasteiger charge is -2.45. The largest absolute Gasteiger partial charge is 0.385 e. The van der Waals surface area contributed by atoms with E-state index in [9.17, 15) is 5.11 Å². The third-order valence-electron chi connectivity index (χ3n) is 5.99. The van der Waals surface area contributed by atoms with Crippen LogP contribution in [0.15, 0.2) is 24.3 Å². The van der Waals surface area contributed by atoms with E-state index < -0.39 is 5.60 Å². The van der Waals surface area contributed by atoms with Gasteiger partial charge in [0.05, 0.1) is 5.60 Å². The van der Waals surface area contributed by atoms with Crippen molar-refractivity contribution in [2.45, 2.75) is 76.7 Å². The van der Waals surface area contributed by atoms with Crippen molar-refractivity contribution in [1.29, 1.82) is 0 Å². The van der Waals surface area contributed by atoms with E-state index in [1.165, 1.54) is 62.5 Å². The zero-order valence-electron chi connectivity index (χ0n) is 13.5. The van der Waals surface area contributed by atoms with Crippen molar-refractivity contribution in [1.82, 2.24) is 0 Å². The molecule has 0 radical (unpaired) electrons. The van der Waals surface area contributed by atoms with Gasteiger partial charge in [-0.25, -0.2) is 0 Å². The highest BCUT2D eigenvalue weighted by atomic mass is 16.3. The molecule has 3 rings (SSSR count). The molecule has 0 saturated heterocycles. The zero-order chi connectivity index (χ0) is 14.7. The van der Waals surface area contributed by atoms with Gasteiger partial charge in [0.1, 0.15) is 0 Å². The second kappa shape index (κ2) is 6.52. The molecule has 0 aromatic heterocycles. The number of hydrogen-bond acceptors (Lipinski definition) is 1. The molecule has 2 saturated carbocycles. The summed E-state index contributed by atoms with van der Waals surface area (Å²) in [6.07, 6.45) is 12.5. The van der Waals surface area contributed by atoms with Gasteiger partial charge in [-0.15, -0.1) is 0 Å². The van der Waals surface area contributed by atoms with Gasteiger partial charge in [0.25, 0.3) is 0 Å². The van der Waals surface area contributed by atoms with Crippen LogP contribution in [0.4, 0.5) is 0 Å². The van der Waals surface area contributed by atoms with E-state index in [0.717, 1.165) is 18.8 Å². The Bertz CT molecular complexity index is 461. The van der Waals surface area contributed by atoms with Crippen LogP contribution in [0.5, 0.6) is 0 Å². The average molecular weight is 286 g/mol. The second-order valence-electron chi connectivity index (χ2n) is 7.23. The van der Waals surface area contributed by atoms with Gasteiger partial charge in [0.2, 0.25) is 0 Å². The Balaban J connectivity index is 1.90. The highest BCUT2D eigenvalue weighted by molar-refractivity contribution is 5.29. The van der Waals surface area contributed by atoms with Crippen molar-refractivity contribution in [3.05, 3.63) is 35.4 Å². The summed E-state index contributed by atoms with van der Waals surface area (Å²) >= 11 is 0. The Morgan fingerprint density at radius 2 is 1.81 bits per heavy atom. The summed E-state index contributed by atoms with van der Waals surface area (Å²) in [5.41, 5.74) is 1.98. The molecule has 1 aromatic carbocycles. The van der Waals surface area contributed by atoms with E-state index in [2.05, 4.69) is 31.2 Å². The van der Waals surface area contributed by atoms with Crippen LogP contribution in [0.25, 0.3) is 0 Å². The predicted octanol–water partition coefficient (Wildman–Crippen LogP) is 5.21. The van der Waals surface area contributed by atoms with E-state index in [0.29, 0.717) is 5.92 Å². The molecule has 116 valence electrons. The average Bonchev–Trinajstić information content (AvgIpc) is 2.56. The number of aryl methyl sites for hydroxylation is 1. The van der Waals surface area contributed by atoms with E-state index in [4.69, 9.17) is 0 Å². The van der Waals surface area contributed by atoms with Crippen LogP contribution in [0.3, 0.4) is 0 Å². The minimum atomic E-state index is -0.564. The summed E-state index contributed by atoms with van der Waals surface area (Å²) in [4.78, 5) is 0. The second-order valence-corrected chi connectivity index (χ2v) is 7.23. The molecule has 1 aromatic rings. The fourth-order valence-corrected chi connectivity index (χ4v) is 4.76. The smallest absolute Gasteiger partial charge is 0.0927 e. The topological polar surface area (TPSA) is 20.2 Å². The molecule has 1 heteroatoms. The van der Waals surface area contributed by atoms with Crippen LogP contribution in [0.2, 0.25) is 0 Å². The van der Waals surface area contributed by atoms with Crippen molar-refractivity contribution in [3.63, 3.8) is 0 Å². The summed E-state index contributed by atoms with van der Waals surface area (Å²) in [6.45, 7) is 2.20. The van der Waals surface area contributed by atoms with Crippen LogP contribution < -0.4 is 0 Å². The first-order valence-corrected chi connectivity index (χ1v) is 9.06. The van der Waals surface area contributed by atoms with Gasteiger partial charge in [-0.1, -0.05) is 76.1 Å². The number of aliphatic hydroxyl groups is 1. The first kappa shape index (κ1) is 15.1. The summed E-state index contributed by atoms with van der Waals surface area (Å²) in [7, 11) is 0. The molecule has 2 unspecified atom stereocenters. The van der Waals surface area contributed by atoms with Gasteiger partial charge in [0, 0.05) is 0 Å². The molecule has 1 N–H and O–H groups in total. The van der Waals surface area contributed by atoms with Crippen molar-refractivity contribution >= 4 is 0 Å². The first-order chi connectivity index (χ1) is 10.2. The van der Waals surface area contributed by atoms with Gasteiger partial charge in [-0.2, -0.15) is 0 Å². The molecule has 2 fully saturated rings. The van der Waals surface area contributed by atoms with E-state index in [1.54, 1.807) is 0 Å². The van der Waals surface area contributed by atoms with Crippen molar-refractivity contribution in [3.8, 4) is 0 Å². The van der Waals surface area contributed by atoms with Crippen LogP contribution in [-0.2, 0) is 12.0 Å². The van der Waals surface area contributed by atoms with Crippen LogP contribution in [0.1, 0.15) is 75.8 Å². The third-order valence-corrected chi connectivity index (χ3v) is 5.99. The fraction of sp³-hybridized carbons (Fsp3) is 0.700. The Morgan fingerprint density at radius 3 is 2.57 bits per heavy atom. The Kier molecular flexibility index (Phi) is 4.69.